The molecule has 0 amide bonds. The van der Waals surface area contributed by atoms with Crippen molar-refractivity contribution >= 4 is 5.97 Å². The predicted molar refractivity (Wildman–Crippen MR) is 72.8 cm³/mol. The van der Waals surface area contributed by atoms with Crippen LogP contribution in [0.5, 0.6) is 0 Å². The third-order valence-electron chi connectivity index (χ3n) is 3.19. The first-order chi connectivity index (χ1) is 8.67. The van der Waals surface area contributed by atoms with Gasteiger partial charge in [-0.25, -0.2) is 0 Å². The van der Waals surface area contributed by atoms with E-state index in [0.29, 0.717) is 12.8 Å². The van der Waals surface area contributed by atoms with Crippen molar-refractivity contribution in [3.8, 4) is 0 Å². The van der Waals surface area contributed by atoms with Crippen LogP contribution in [0, 0.1) is 0 Å². The van der Waals surface area contributed by atoms with Crippen molar-refractivity contribution in [2.75, 3.05) is 27.2 Å². The van der Waals surface area contributed by atoms with Crippen molar-refractivity contribution in [2.24, 2.45) is 0 Å². The summed E-state index contributed by atoms with van der Waals surface area (Å²) in [6.07, 6.45) is 1.35. The molecule has 0 saturated carbocycles. The molecule has 4 heteroatoms. The highest BCUT2D eigenvalue weighted by Crippen LogP contribution is 2.33. The highest BCUT2D eigenvalue weighted by atomic mass is 16.4. The van der Waals surface area contributed by atoms with E-state index in [-0.39, 0.29) is 0 Å². The zero-order valence-electron chi connectivity index (χ0n) is 11.1. The molecule has 1 heterocycles. The fourth-order valence-corrected chi connectivity index (χ4v) is 2.24. The average Bonchev–Trinajstić information content (AvgIpc) is 2.41. The van der Waals surface area contributed by atoms with Gasteiger partial charge in [-0.3, -0.25) is 4.79 Å². The van der Waals surface area contributed by atoms with Crippen molar-refractivity contribution in [2.45, 2.75) is 18.3 Å². The Morgan fingerprint density at radius 3 is 2.17 bits per heavy atom. The van der Waals surface area contributed by atoms with E-state index in [1.165, 1.54) is 0 Å². The SMILES string of the molecule is CNC.O=C(O)C1(c2ccccc2)CCNCC1. The maximum absolute atomic E-state index is 11.4. The Morgan fingerprint density at radius 2 is 1.72 bits per heavy atom. The third-order valence-corrected chi connectivity index (χ3v) is 3.19. The van der Waals surface area contributed by atoms with Crippen LogP contribution in [0.1, 0.15) is 18.4 Å². The molecule has 1 aromatic rings. The summed E-state index contributed by atoms with van der Waals surface area (Å²) in [5, 5.41) is 15.4. The van der Waals surface area contributed by atoms with Crippen LogP contribution in [0.4, 0.5) is 0 Å². The van der Waals surface area contributed by atoms with E-state index in [0.717, 1.165) is 18.7 Å². The van der Waals surface area contributed by atoms with Crippen molar-refractivity contribution in [3.63, 3.8) is 0 Å². The molecule has 3 N–H and O–H groups in total. The number of hydrogen-bond acceptors (Lipinski definition) is 3. The number of nitrogens with one attached hydrogen (secondary N) is 2. The largest absolute Gasteiger partial charge is 0.481 e. The molecule has 1 aromatic carbocycles. The summed E-state index contributed by atoms with van der Waals surface area (Å²) in [6, 6.07) is 9.56. The van der Waals surface area contributed by atoms with E-state index in [1.807, 2.05) is 44.4 Å². The Morgan fingerprint density at radius 1 is 1.22 bits per heavy atom. The lowest BCUT2D eigenvalue weighted by molar-refractivity contribution is -0.145. The molecule has 0 spiro atoms. The Balaban J connectivity index is 0.000000492. The van der Waals surface area contributed by atoms with Gasteiger partial charge >= 0.3 is 5.97 Å². The van der Waals surface area contributed by atoms with Crippen LogP contribution in [0.3, 0.4) is 0 Å². The molecule has 100 valence electrons. The lowest BCUT2D eigenvalue weighted by Crippen LogP contribution is -2.45. The molecule has 1 aliphatic heterocycles. The van der Waals surface area contributed by atoms with Crippen LogP contribution in [-0.4, -0.2) is 38.3 Å². The normalized spacial score (nSPS) is 17.4. The zero-order chi connectivity index (χ0) is 13.4. The highest BCUT2D eigenvalue weighted by molar-refractivity contribution is 5.81. The van der Waals surface area contributed by atoms with Gasteiger partial charge < -0.3 is 15.7 Å². The Bertz CT molecular complexity index is 359. The highest BCUT2D eigenvalue weighted by Gasteiger charge is 2.40. The topological polar surface area (TPSA) is 61.4 Å². The Kier molecular flexibility index (Phi) is 5.82. The number of aliphatic carboxylic acids is 1. The molecular weight excluding hydrogens is 228 g/mol. The van der Waals surface area contributed by atoms with Gasteiger partial charge in [-0.15, -0.1) is 0 Å². The molecule has 0 bridgehead atoms. The summed E-state index contributed by atoms with van der Waals surface area (Å²) in [4.78, 5) is 11.4. The third kappa shape index (κ3) is 3.31. The Labute approximate surface area is 108 Å². The van der Waals surface area contributed by atoms with E-state index in [4.69, 9.17) is 0 Å². The van der Waals surface area contributed by atoms with Crippen molar-refractivity contribution in [1.82, 2.24) is 10.6 Å². The fourth-order valence-electron chi connectivity index (χ4n) is 2.24. The van der Waals surface area contributed by atoms with E-state index in [1.54, 1.807) is 0 Å². The number of hydrogen-bond donors (Lipinski definition) is 3. The smallest absolute Gasteiger partial charge is 0.314 e. The van der Waals surface area contributed by atoms with Gasteiger partial charge in [0.05, 0.1) is 5.41 Å². The van der Waals surface area contributed by atoms with Crippen LogP contribution < -0.4 is 10.6 Å². The van der Waals surface area contributed by atoms with Gasteiger partial charge in [0.1, 0.15) is 0 Å². The first-order valence-corrected chi connectivity index (χ1v) is 6.25. The van der Waals surface area contributed by atoms with Gasteiger partial charge in [0.15, 0.2) is 0 Å². The van der Waals surface area contributed by atoms with E-state index >= 15 is 0 Å². The second-order valence-corrected chi connectivity index (χ2v) is 4.50. The van der Waals surface area contributed by atoms with Crippen LogP contribution in [-0.2, 0) is 10.2 Å². The summed E-state index contributed by atoms with van der Waals surface area (Å²) in [6.45, 7) is 1.56. The number of rotatable bonds is 2. The first-order valence-electron chi connectivity index (χ1n) is 6.25. The zero-order valence-corrected chi connectivity index (χ0v) is 11.1. The maximum Gasteiger partial charge on any atom is 0.314 e. The molecule has 1 saturated heterocycles. The monoisotopic (exact) mass is 250 g/mol. The van der Waals surface area contributed by atoms with E-state index in [9.17, 15) is 9.90 Å². The van der Waals surface area contributed by atoms with E-state index in [2.05, 4.69) is 10.6 Å². The summed E-state index contributed by atoms with van der Waals surface area (Å²) < 4.78 is 0. The Hall–Kier alpha value is -1.39. The molecule has 2 rings (SSSR count). The molecule has 0 atom stereocenters. The van der Waals surface area contributed by atoms with E-state index < -0.39 is 11.4 Å². The summed E-state index contributed by atoms with van der Waals surface area (Å²) in [5.41, 5.74) is 0.256. The minimum absolute atomic E-state index is 0.673. The summed E-state index contributed by atoms with van der Waals surface area (Å²) in [7, 11) is 3.75. The van der Waals surface area contributed by atoms with Gasteiger partial charge in [0.2, 0.25) is 0 Å². The van der Waals surface area contributed by atoms with Crippen molar-refractivity contribution < 1.29 is 9.90 Å². The van der Waals surface area contributed by atoms with Gasteiger partial charge in [-0.2, -0.15) is 0 Å². The fraction of sp³-hybridized carbons (Fsp3) is 0.500. The quantitative estimate of drug-likeness (QED) is 0.739. The van der Waals surface area contributed by atoms with Gasteiger partial charge in [-0.1, -0.05) is 30.3 Å². The van der Waals surface area contributed by atoms with Crippen LogP contribution in [0.2, 0.25) is 0 Å². The lowest BCUT2D eigenvalue weighted by atomic mass is 9.73. The number of benzene rings is 1. The number of carbonyl (C=O) groups is 1. The minimum Gasteiger partial charge on any atom is -0.481 e. The molecule has 18 heavy (non-hydrogen) atoms. The van der Waals surface area contributed by atoms with Crippen molar-refractivity contribution in [3.05, 3.63) is 35.9 Å². The number of carboxylic acid groups (broad SMARTS) is 1. The second-order valence-electron chi connectivity index (χ2n) is 4.50. The number of carboxylic acids is 1. The molecule has 0 aromatic heterocycles. The molecule has 0 aliphatic carbocycles. The minimum atomic E-state index is -0.699. The van der Waals surface area contributed by atoms with Gasteiger partial charge in [0, 0.05) is 0 Å². The van der Waals surface area contributed by atoms with Crippen LogP contribution in [0.25, 0.3) is 0 Å². The molecule has 1 fully saturated rings. The van der Waals surface area contributed by atoms with Crippen molar-refractivity contribution in [1.29, 1.82) is 0 Å². The predicted octanol–water partition coefficient (Wildman–Crippen LogP) is 1.23. The molecule has 0 radical (unpaired) electrons. The summed E-state index contributed by atoms with van der Waals surface area (Å²) in [5.74, 6) is -0.699. The van der Waals surface area contributed by atoms with Gasteiger partial charge in [-0.05, 0) is 45.6 Å². The molecule has 0 unspecified atom stereocenters. The number of piperidine rings is 1. The van der Waals surface area contributed by atoms with Crippen LogP contribution in [0.15, 0.2) is 30.3 Å². The lowest BCUT2D eigenvalue weighted by Gasteiger charge is -2.34. The molecule has 4 nitrogen and oxygen atoms in total. The summed E-state index contributed by atoms with van der Waals surface area (Å²) >= 11 is 0. The average molecular weight is 250 g/mol. The van der Waals surface area contributed by atoms with Gasteiger partial charge in [0.25, 0.3) is 0 Å². The first kappa shape index (κ1) is 14.7. The second kappa shape index (κ2) is 7.13. The molecule has 1 aliphatic rings. The maximum atomic E-state index is 11.4. The standard InChI is InChI=1S/C12H15NO2.C2H7N/c14-11(15)12(6-8-13-9-7-12)10-4-2-1-3-5-10;1-3-2/h1-5,13H,6-9H2,(H,14,15);3H,1-2H3. The van der Waals surface area contributed by atoms with Crippen LogP contribution >= 0.6 is 0 Å². The molecular formula is C14H22N2O2.